The van der Waals surface area contributed by atoms with Gasteiger partial charge in [-0.15, -0.1) is 0 Å². The number of nitrogens with zero attached hydrogens (tertiary/aromatic N) is 1. The molecule has 1 aliphatic carbocycles. The molecule has 0 spiro atoms. The predicted molar refractivity (Wildman–Crippen MR) is 51.3 cm³/mol. The molecule has 2 fully saturated rings. The van der Waals surface area contributed by atoms with E-state index < -0.39 is 0 Å². The van der Waals surface area contributed by atoms with E-state index in [9.17, 15) is 0 Å². The SMILES string of the molecule is CCN(C1CCCC1)C1CNC1. The Balaban J connectivity index is 1.87. The molecule has 0 radical (unpaired) electrons. The van der Waals surface area contributed by atoms with E-state index in [-0.39, 0.29) is 0 Å². The van der Waals surface area contributed by atoms with Crippen molar-refractivity contribution in [1.29, 1.82) is 0 Å². The number of rotatable bonds is 3. The highest BCUT2D eigenvalue weighted by atomic mass is 15.3. The Morgan fingerprint density at radius 3 is 2.25 bits per heavy atom. The average molecular weight is 168 g/mol. The van der Waals surface area contributed by atoms with Crippen LogP contribution in [0, 0.1) is 0 Å². The van der Waals surface area contributed by atoms with Crippen LogP contribution in [-0.2, 0) is 0 Å². The summed E-state index contributed by atoms with van der Waals surface area (Å²) in [7, 11) is 0. The summed E-state index contributed by atoms with van der Waals surface area (Å²) in [6, 6.07) is 1.78. The van der Waals surface area contributed by atoms with Gasteiger partial charge in [0, 0.05) is 25.2 Å². The minimum absolute atomic E-state index is 0.859. The Bertz CT molecular complexity index is 137. The fourth-order valence-corrected chi connectivity index (χ4v) is 2.56. The van der Waals surface area contributed by atoms with E-state index in [4.69, 9.17) is 0 Å². The fraction of sp³-hybridized carbons (Fsp3) is 1.00. The topological polar surface area (TPSA) is 15.3 Å². The number of nitrogens with one attached hydrogen (secondary N) is 1. The first-order valence-electron chi connectivity index (χ1n) is 5.38. The van der Waals surface area contributed by atoms with Gasteiger partial charge in [0.05, 0.1) is 0 Å². The van der Waals surface area contributed by atoms with Gasteiger partial charge in [0.2, 0.25) is 0 Å². The van der Waals surface area contributed by atoms with Gasteiger partial charge in [-0.3, -0.25) is 4.90 Å². The van der Waals surface area contributed by atoms with Crippen LogP contribution in [0.1, 0.15) is 32.6 Å². The summed E-state index contributed by atoms with van der Waals surface area (Å²) in [5.74, 6) is 0. The largest absolute Gasteiger partial charge is 0.314 e. The summed E-state index contributed by atoms with van der Waals surface area (Å²) in [5, 5.41) is 3.36. The van der Waals surface area contributed by atoms with E-state index in [0.717, 1.165) is 12.1 Å². The molecule has 1 saturated heterocycles. The Hall–Kier alpha value is -0.0800. The van der Waals surface area contributed by atoms with Crippen LogP contribution in [0.3, 0.4) is 0 Å². The summed E-state index contributed by atoms with van der Waals surface area (Å²) in [6.07, 6.45) is 5.82. The minimum atomic E-state index is 0.859. The quantitative estimate of drug-likeness (QED) is 0.681. The maximum absolute atomic E-state index is 3.36. The van der Waals surface area contributed by atoms with Crippen LogP contribution in [-0.4, -0.2) is 36.6 Å². The fourth-order valence-electron chi connectivity index (χ4n) is 2.56. The van der Waals surface area contributed by atoms with Crippen molar-refractivity contribution in [2.24, 2.45) is 0 Å². The van der Waals surface area contributed by atoms with Gasteiger partial charge in [0.1, 0.15) is 0 Å². The summed E-state index contributed by atoms with van der Waals surface area (Å²) in [5.41, 5.74) is 0. The average Bonchev–Trinajstić information content (AvgIpc) is 2.47. The third-order valence-electron chi connectivity index (χ3n) is 3.39. The molecule has 0 unspecified atom stereocenters. The highest BCUT2D eigenvalue weighted by Gasteiger charge is 2.30. The number of hydrogen-bond donors (Lipinski definition) is 1. The molecule has 70 valence electrons. The molecule has 1 heterocycles. The van der Waals surface area contributed by atoms with Crippen LogP contribution in [0.2, 0.25) is 0 Å². The molecule has 2 nitrogen and oxygen atoms in total. The molecule has 0 aromatic heterocycles. The Morgan fingerprint density at radius 2 is 1.83 bits per heavy atom. The van der Waals surface area contributed by atoms with E-state index in [0.29, 0.717) is 0 Å². The molecular formula is C10H20N2. The predicted octanol–water partition coefficient (Wildman–Crippen LogP) is 1.22. The second-order valence-corrected chi connectivity index (χ2v) is 4.08. The minimum Gasteiger partial charge on any atom is -0.314 e. The van der Waals surface area contributed by atoms with Crippen molar-refractivity contribution in [1.82, 2.24) is 10.2 Å². The summed E-state index contributed by atoms with van der Waals surface area (Å²) < 4.78 is 0. The van der Waals surface area contributed by atoms with Crippen LogP contribution in [0.25, 0.3) is 0 Å². The van der Waals surface area contributed by atoms with Crippen LogP contribution in [0.5, 0.6) is 0 Å². The molecule has 1 N–H and O–H groups in total. The van der Waals surface area contributed by atoms with Gasteiger partial charge in [-0.05, 0) is 19.4 Å². The molecule has 0 atom stereocenters. The lowest BCUT2D eigenvalue weighted by Gasteiger charge is -2.41. The van der Waals surface area contributed by atoms with Crippen LogP contribution >= 0.6 is 0 Å². The van der Waals surface area contributed by atoms with E-state index in [2.05, 4.69) is 17.1 Å². The van der Waals surface area contributed by atoms with E-state index >= 15 is 0 Å². The first kappa shape index (κ1) is 8.52. The Labute approximate surface area is 75.3 Å². The molecule has 1 aliphatic heterocycles. The molecule has 2 heteroatoms. The number of likely N-dealkylation sites (N-methyl/N-ethyl adjacent to an activating group) is 1. The van der Waals surface area contributed by atoms with Gasteiger partial charge in [-0.2, -0.15) is 0 Å². The summed E-state index contributed by atoms with van der Waals surface area (Å²) >= 11 is 0. The maximum Gasteiger partial charge on any atom is 0.0348 e. The second kappa shape index (κ2) is 3.75. The van der Waals surface area contributed by atoms with Gasteiger partial charge in [0.25, 0.3) is 0 Å². The van der Waals surface area contributed by atoms with Crippen LogP contribution in [0.15, 0.2) is 0 Å². The van der Waals surface area contributed by atoms with Crippen molar-refractivity contribution in [2.75, 3.05) is 19.6 Å². The molecule has 0 bridgehead atoms. The smallest absolute Gasteiger partial charge is 0.0348 e. The van der Waals surface area contributed by atoms with Crippen LogP contribution < -0.4 is 5.32 Å². The van der Waals surface area contributed by atoms with Crippen molar-refractivity contribution >= 4 is 0 Å². The molecule has 2 rings (SSSR count). The third kappa shape index (κ3) is 1.50. The second-order valence-electron chi connectivity index (χ2n) is 4.08. The van der Waals surface area contributed by atoms with Gasteiger partial charge < -0.3 is 5.32 Å². The van der Waals surface area contributed by atoms with Crippen molar-refractivity contribution in [3.05, 3.63) is 0 Å². The van der Waals surface area contributed by atoms with Gasteiger partial charge in [-0.25, -0.2) is 0 Å². The highest BCUT2D eigenvalue weighted by molar-refractivity contribution is 4.89. The zero-order chi connectivity index (χ0) is 8.39. The molecule has 1 saturated carbocycles. The van der Waals surface area contributed by atoms with Crippen molar-refractivity contribution < 1.29 is 0 Å². The molecule has 12 heavy (non-hydrogen) atoms. The third-order valence-corrected chi connectivity index (χ3v) is 3.39. The lowest BCUT2D eigenvalue weighted by atomic mass is 10.1. The van der Waals surface area contributed by atoms with Gasteiger partial charge >= 0.3 is 0 Å². The van der Waals surface area contributed by atoms with Gasteiger partial charge in [0.15, 0.2) is 0 Å². The number of hydrogen-bond acceptors (Lipinski definition) is 2. The van der Waals surface area contributed by atoms with E-state index in [1.807, 2.05) is 0 Å². The first-order chi connectivity index (χ1) is 5.92. The molecule has 0 amide bonds. The molecule has 2 aliphatic rings. The summed E-state index contributed by atoms with van der Waals surface area (Å²) in [4.78, 5) is 2.71. The highest BCUT2D eigenvalue weighted by Crippen LogP contribution is 2.25. The van der Waals surface area contributed by atoms with Gasteiger partial charge in [-0.1, -0.05) is 19.8 Å². The lowest BCUT2D eigenvalue weighted by molar-refractivity contribution is 0.104. The Morgan fingerprint density at radius 1 is 1.17 bits per heavy atom. The monoisotopic (exact) mass is 168 g/mol. The Kier molecular flexibility index (Phi) is 2.66. The summed E-state index contributed by atoms with van der Waals surface area (Å²) in [6.45, 7) is 6.00. The van der Waals surface area contributed by atoms with Crippen molar-refractivity contribution in [2.45, 2.75) is 44.7 Å². The maximum atomic E-state index is 3.36. The van der Waals surface area contributed by atoms with E-state index in [1.165, 1.54) is 45.3 Å². The normalized spacial score (nSPS) is 26.5. The standard InChI is InChI=1S/C10H20N2/c1-2-12(10-7-11-8-10)9-5-3-4-6-9/h9-11H,2-8H2,1H3. The first-order valence-corrected chi connectivity index (χ1v) is 5.38. The zero-order valence-corrected chi connectivity index (χ0v) is 8.05. The van der Waals surface area contributed by atoms with Crippen molar-refractivity contribution in [3.8, 4) is 0 Å². The molecular weight excluding hydrogens is 148 g/mol. The molecule has 0 aromatic carbocycles. The van der Waals surface area contributed by atoms with Crippen LogP contribution in [0.4, 0.5) is 0 Å². The zero-order valence-electron chi connectivity index (χ0n) is 8.05. The lowest BCUT2D eigenvalue weighted by Crippen LogP contribution is -2.59. The van der Waals surface area contributed by atoms with Crippen molar-refractivity contribution in [3.63, 3.8) is 0 Å². The molecule has 0 aromatic rings. The van der Waals surface area contributed by atoms with E-state index in [1.54, 1.807) is 0 Å².